The Balaban J connectivity index is 1.83. The van der Waals surface area contributed by atoms with Crippen molar-refractivity contribution in [1.82, 2.24) is 4.72 Å². The van der Waals surface area contributed by atoms with Crippen LogP contribution in [0.25, 0.3) is 0 Å². The third-order valence-electron chi connectivity index (χ3n) is 4.13. The molecular weight excluding hydrogens is 392 g/mol. The summed E-state index contributed by atoms with van der Waals surface area (Å²) < 4.78 is 31.8. The van der Waals surface area contributed by atoms with Gasteiger partial charge in [0.2, 0.25) is 10.0 Å². The lowest BCUT2D eigenvalue weighted by atomic mass is 10.2. The highest BCUT2D eigenvalue weighted by Gasteiger charge is 2.20. The second kappa shape index (κ2) is 10.2. The monoisotopic (exact) mass is 418 g/mol. The molecule has 0 aliphatic rings. The fourth-order valence-corrected chi connectivity index (χ4v) is 3.72. The molecule has 2 rings (SSSR count). The molecule has 0 heterocycles. The number of carbonyl (C=O) groups excluding carboxylic acids is 2. The summed E-state index contributed by atoms with van der Waals surface area (Å²) in [6.45, 7) is 5.07. The molecule has 0 saturated heterocycles. The summed E-state index contributed by atoms with van der Waals surface area (Å²) in [6.07, 6.45) is -0.175. The van der Waals surface area contributed by atoms with Crippen molar-refractivity contribution in [2.75, 3.05) is 18.1 Å². The first-order valence-electron chi connectivity index (χ1n) is 9.30. The van der Waals surface area contributed by atoms with Crippen LogP contribution in [0, 0.1) is 6.92 Å². The van der Waals surface area contributed by atoms with E-state index in [2.05, 4.69) is 4.72 Å². The summed E-state index contributed by atoms with van der Waals surface area (Å²) in [5.74, 6) is -0.999. The molecule has 0 atom stereocenters. The van der Waals surface area contributed by atoms with Crippen molar-refractivity contribution in [3.63, 3.8) is 0 Å². The molecular formula is C21H26N2O5S. The first kappa shape index (κ1) is 22.6. The zero-order valence-corrected chi connectivity index (χ0v) is 17.6. The van der Waals surface area contributed by atoms with Crippen molar-refractivity contribution in [2.24, 2.45) is 0 Å². The minimum Gasteiger partial charge on any atom is -0.456 e. The van der Waals surface area contributed by atoms with Crippen LogP contribution in [0.5, 0.6) is 0 Å². The zero-order chi connectivity index (χ0) is 21.4. The normalized spacial score (nSPS) is 11.3. The van der Waals surface area contributed by atoms with E-state index in [0.29, 0.717) is 0 Å². The third-order valence-corrected chi connectivity index (χ3v) is 5.61. The van der Waals surface area contributed by atoms with Crippen LogP contribution in [-0.2, 0) is 24.3 Å². The molecule has 0 radical (unpaired) electrons. The molecule has 2 aromatic rings. The topological polar surface area (TPSA) is 92.8 Å². The molecule has 0 fully saturated rings. The van der Waals surface area contributed by atoms with Crippen LogP contribution in [0.4, 0.5) is 5.69 Å². The van der Waals surface area contributed by atoms with Gasteiger partial charge in [0.15, 0.2) is 6.61 Å². The Labute approximate surface area is 171 Å². The Morgan fingerprint density at radius 3 is 2.24 bits per heavy atom. The standard InChI is InChI=1S/C21H26N2O5S/c1-16(2)23(18-7-5-4-6-8-18)20(24)15-28-21(25)13-14-22-29(26,27)19-11-9-17(3)10-12-19/h4-12,16,22H,13-15H2,1-3H3. The first-order valence-corrected chi connectivity index (χ1v) is 10.8. The molecule has 0 bridgehead atoms. The number of amides is 1. The van der Waals surface area contributed by atoms with Crippen LogP contribution < -0.4 is 9.62 Å². The number of nitrogens with one attached hydrogen (secondary N) is 1. The Bertz CT molecular complexity index is 925. The zero-order valence-electron chi connectivity index (χ0n) is 16.8. The second-order valence-electron chi connectivity index (χ2n) is 6.81. The molecule has 0 aromatic heterocycles. The number of anilines is 1. The maximum atomic E-state index is 12.5. The average Bonchev–Trinajstić information content (AvgIpc) is 2.67. The van der Waals surface area contributed by atoms with E-state index in [1.807, 2.05) is 39.0 Å². The summed E-state index contributed by atoms with van der Waals surface area (Å²) in [5, 5.41) is 0. The Morgan fingerprint density at radius 2 is 1.66 bits per heavy atom. The number of esters is 1. The average molecular weight is 419 g/mol. The van der Waals surface area contributed by atoms with Crippen LogP contribution in [0.1, 0.15) is 25.8 Å². The lowest BCUT2D eigenvalue weighted by Gasteiger charge is -2.26. The Hall–Kier alpha value is -2.71. The fraction of sp³-hybridized carbons (Fsp3) is 0.333. The molecule has 156 valence electrons. The van der Waals surface area contributed by atoms with E-state index in [1.165, 1.54) is 12.1 Å². The highest BCUT2D eigenvalue weighted by atomic mass is 32.2. The van der Waals surface area contributed by atoms with Gasteiger partial charge >= 0.3 is 5.97 Å². The highest BCUT2D eigenvalue weighted by molar-refractivity contribution is 7.89. The highest BCUT2D eigenvalue weighted by Crippen LogP contribution is 2.16. The van der Waals surface area contributed by atoms with E-state index >= 15 is 0 Å². The van der Waals surface area contributed by atoms with Gasteiger partial charge < -0.3 is 9.64 Å². The summed E-state index contributed by atoms with van der Waals surface area (Å²) in [4.78, 5) is 26.1. The number of rotatable bonds is 9. The summed E-state index contributed by atoms with van der Waals surface area (Å²) in [5.41, 5.74) is 1.66. The molecule has 8 heteroatoms. The van der Waals surface area contributed by atoms with E-state index in [4.69, 9.17) is 4.74 Å². The lowest BCUT2D eigenvalue weighted by Crippen LogP contribution is -2.40. The Kier molecular flexibility index (Phi) is 7.92. The van der Waals surface area contributed by atoms with Crippen molar-refractivity contribution in [2.45, 2.75) is 38.1 Å². The van der Waals surface area contributed by atoms with Gasteiger partial charge in [0.05, 0.1) is 11.3 Å². The van der Waals surface area contributed by atoms with Gasteiger partial charge in [-0.25, -0.2) is 13.1 Å². The van der Waals surface area contributed by atoms with Crippen LogP contribution in [0.15, 0.2) is 59.5 Å². The number of benzene rings is 2. The molecule has 0 spiro atoms. The largest absolute Gasteiger partial charge is 0.456 e. The van der Waals surface area contributed by atoms with Crippen LogP contribution >= 0.6 is 0 Å². The van der Waals surface area contributed by atoms with E-state index in [-0.39, 0.29) is 29.8 Å². The molecule has 1 amide bonds. The van der Waals surface area contributed by atoms with Crippen LogP contribution in [-0.4, -0.2) is 39.5 Å². The predicted octanol–water partition coefficient (Wildman–Crippen LogP) is 2.65. The third kappa shape index (κ3) is 6.69. The number of aryl methyl sites for hydroxylation is 1. The number of hydrogen-bond donors (Lipinski definition) is 1. The van der Waals surface area contributed by atoms with Gasteiger partial charge in [0, 0.05) is 18.3 Å². The van der Waals surface area contributed by atoms with Crippen LogP contribution in [0.3, 0.4) is 0 Å². The van der Waals surface area contributed by atoms with E-state index in [1.54, 1.807) is 29.2 Å². The maximum Gasteiger partial charge on any atom is 0.307 e. The van der Waals surface area contributed by atoms with Gasteiger partial charge in [0.25, 0.3) is 5.91 Å². The second-order valence-corrected chi connectivity index (χ2v) is 8.58. The molecule has 1 N–H and O–H groups in total. The minimum absolute atomic E-state index is 0.107. The van der Waals surface area contributed by atoms with Gasteiger partial charge in [-0.15, -0.1) is 0 Å². The first-order chi connectivity index (χ1) is 13.7. The number of carbonyl (C=O) groups is 2. The lowest BCUT2D eigenvalue weighted by molar-refractivity contribution is -0.147. The number of sulfonamides is 1. The predicted molar refractivity (Wildman–Crippen MR) is 111 cm³/mol. The number of para-hydroxylation sites is 1. The molecule has 0 aliphatic carbocycles. The van der Waals surface area contributed by atoms with Crippen molar-refractivity contribution in [3.05, 3.63) is 60.2 Å². The number of nitrogens with zero attached hydrogens (tertiary/aromatic N) is 1. The van der Waals surface area contributed by atoms with Gasteiger partial charge in [-0.2, -0.15) is 0 Å². The molecule has 0 unspecified atom stereocenters. The summed E-state index contributed by atoms with van der Waals surface area (Å²) >= 11 is 0. The van der Waals surface area contributed by atoms with Crippen molar-refractivity contribution in [3.8, 4) is 0 Å². The number of ether oxygens (including phenoxy) is 1. The molecule has 7 nitrogen and oxygen atoms in total. The van der Waals surface area contributed by atoms with Crippen molar-refractivity contribution >= 4 is 27.6 Å². The van der Waals surface area contributed by atoms with Gasteiger partial charge in [-0.1, -0.05) is 35.9 Å². The van der Waals surface area contributed by atoms with Gasteiger partial charge in [-0.3, -0.25) is 9.59 Å². The van der Waals surface area contributed by atoms with Crippen molar-refractivity contribution in [1.29, 1.82) is 0 Å². The maximum absolute atomic E-state index is 12.5. The number of hydrogen-bond acceptors (Lipinski definition) is 5. The molecule has 2 aromatic carbocycles. The fourth-order valence-electron chi connectivity index (χ4n) is 2.69. The van der Waals surface area contributed by atoms with E-state index in [9.17, 15) is 18.0 Å². The van der Waals surface area contributed by atoms with E-state index in [0.717, 1.165) is 11.3 Å². The van der Waals surface area contributed by atoms with Crippen molar-refractivity contribution < 1.29 is 22.7 Å². The quantitative estimate of drug-likeness (QED) is 0.632. The van der Waals surface area contributed by atoms with Crippen LogP contribution in [0.2, 0.25) is 0 Å². The van der Waals surface area contributed by atoms with Gasteiger partial charge in [0.1, 0.15) is 0 Å². The van der Waals surface area contributed by atoms with E-state index < -0.39 is 22.6 Å². The Morgan fingerprint density at radius 1 is 1.03 bits per heavy atom. The molecule has 29 heavy (non-hydrogen) atoms. The SMILES string of the molecule is Cc1ccc(S(=O)(=O)NCCC(=O)OCC(=O)N(c2ccccc2)C(C)C)cc1. The summed E-state index contributed by atoms with van der Waals surface area (Å²) in [7, 11) is -3.70. The van der Waals surface area contributed by atoms with Gasteiger partial charge in [-0.05, 0) is 45.0 Å². The minimum atomic E-state index is -3.70. The summed E-state index contributed by atoms with van der Waals surface area (Å²) in [6, 6.07) is 15.4. The molecule has 0 aliphatic heterocycles. The smallest absolute Gasteiger partial charge is 0.307 e. The molecule has 0 saturated carbocycles.